The molecule has 1 saturated carbocycles. The van der Waals surface area contributed by atoms with E-state index in [-0.39, 0.29) is 5.91 Å². The number of amides is 1. The number of nitrogens with one attached hydrogen (secondary N) is 1. The number of carbonyl (C=O) groups excluding carboxylic acids is 1. The van der Waals surface area contributed by atoms with E-state index in [1.54, 1.807) is 17.1 Å². The third-order valence-corrected chi connectivity index (χ3v) is 4.22. The predicted octanol–water partition coefficient (Wildman–Crippen LogP) is 2.10. The zero-order chi connectivity index (χ0) is 12.3. The van der Waals surface area contributed by atoms with Crippen LogP contribution in [0.15, 0.2) is 12.4 Å². The van der Waals surface area contributed by atoms with Crippen molar-refractivity contribution < 1.29 is 4.79 Å². The van der Waals surface area contributed by atoms with Gasteiger partial charge in [0.25, 0.3) is 5.91 Å². The van der Waals surface area contributed by atoms with Crippen LogP contribution in [0.2, 0.25) is 0 Å². The van der Waals surface area contributed by atoms with Gasteiger partial charge >= 0.3 is 0 Å². The first kappa shape index (κ1) is 12.6. The zero-order valence-electron chi connectivity index (χ0n) is 10.0. The van der Waals surface area contributed by atoms with Gasteiger partial charge in [-0.05, 0) is 18.8 Å². The first-order valence-corrected chi connectivity index (χ1v) is 7.18. The van der Waals surface area contributed by atoms with Gasteiger partial charge < -0.3 is 5.32 Å². The summed E-state index contributed by atoms with van der Waals surface area (Å²) < 4.78 is 1.65. The molecule has 94 valence electrons. The summed E-state index contributed by atoms with van der Waals surface area (Å²) in [6, 6.07) is 0.302. The smallest absolute Gasteiger partial charge is 0.254 e. The summed E-state index contributed by atoms with van der Waals surface area (Å²) >= 11 is 3.53. The van der Waals surface area contributed by atoms with E-state index < -0.39 is 0 Å². The molecule has 0 bridgehead atoms. The molecule has 0 radical (unpaired) electrons. The van der Waals surface area contributed by atoms with Gasteiger partial charge in [-0.2, -0.15) is 5.10 Å². The fourth-order valence-electron chi connectivity index (χ4n) is 2.37. The molecule has 1 amide bonds. The molecule has 0 aliphatic heterocycles. The molecule has 17 heavy (non-hydrogen) atoms. The Morgan fingerprint density at radius 3 is 3.00 bits per heavy atom. The fourth-order valence-corrected chi connectivity index (χ4v) is 3.15. The molecular formula is C12H18BrN3O. The molecule has 2 rings (SSSR count). The number of carbonyl (C=O) groups is 1. The van der Waals surface area contributed by atoms with Crippen LogP contribution in [0.4, 0.5) is 0 Å². The monoisotopic (exact) mass is 299 g/mol. The van der Waals surface area contributed by atoms with E-state index in [0.29, 0.717) is 17.5 Å². The standard InChI is InChI=1S/C12H18BrN3O/c1-16-8-10(7-14-16)12(17)15-11-5-3-2-4-9(11)6-13/h7-9,11H,2-6H2,1H3,(H,15,17). The highest BCUT2D eigenvalue weighted by Crippen LogP contribution is 2.26. The summed E-state index contributed by atoms with van der Waals surface area (Å²) in [6.07, 6.45) is 8.13. The van der Waals surface area contributed by atoms with Crippen LogP contribution in [0.5, 0.6) is 0 Å². The summed E-state index contributed by atoms with van der Waals surface area (Å²) in [5.74, 6) is 0.556. The number of hydrogen-bond donors (Lipinski definition) is 1. The molecule has 1 aliphatic carbocycles. The van der Waals surface area contributed by atoms with Crippen LogP contribution in [0.3, 0.4) is 0 Å². The molecule has 1 aromatic heterocycles. The lowest BCUT2D eigenvalue weighted by Gasteiger charge is -2.30. The molecule has 1 aromatic rings. The van der Waals surface area contributed by atoms with Crippen LogP contribution >= 0.6 is 15.9 Å². The van der Waals surface area contributed by atoms with Crippen LogP contribution in [-0.4, -0.2) is 27.1 Å². The Hall–Kier alpha value is -0.840. The molecule has 1 N–H and O–H groups in total. The third-order valence-electron chi connectivity index (χ3n) is 3.39. The Kier molecular flexibility index (Phi) is 4.20. The Morgan fingerprint density at radius 2 is 2.35 bits per heavy atom. The molecule has 0 aromatic carbocycles. The highest BCUT2D eigenvalue weighted by Gasteiger charge is 2.26. The highest BCUT2D eigenvalue weighted by molar-refractivity contribution is 9.09. The number of alkyl halides is 1. The number of aryl methyl sites for hydroxylation is 1. The van der Waals surface area contributed by atoms with Gasteiger partial charge in [0.2, 0.25) is 0 Å². The van der Waals surface area contributed by atoms with E-state index in [1.165, 1.54) is 19.3 Å². The number of nitrogens with zero attached hydrogens (tertiary/aromatic N) is 2. The first-order chi connectivity index (χ1) is 8.20. The van der Waals surface area contributed by atoms with E-state index in [2.05, 4.69) is 26.3 Å². The maximum atomic E-state index is 12.0. The largest absolute Gasteiger partial charge is 0.349 e. The van der Waals surface area contributed by atoms with E-state index in [0.717, 1.165) is 11.8 Å². The topological polar surface area (TPSA) is 46.9 Å². The Labute approximate surface area is 110 Å². The maximum absolute atomic E-state index is 12.0. The minimum atomic E-state index is -0.00375. The van der Waals surface area contributed by atoms with Crippen molar-refractivity contribution in [2.45, 2.75) is 31.7 Å². The molecule has 1 aliphatic rings. The number of halogens is 1. The second-order valence-corrected chi connectivity index (χ2v) is 5.33. The predicted molar refractivity (Wildman–Crippen MR) is 70.2 cm³/mol. The van der Waals surface area contributed by atoms with Crippen molar-refractivity contribution >= 4 is 21.8 Å². The number of rotatable bonds is 3. The molecule has 2 atom stereocenters. The summed E-state index contributed by atoms with van der Waals surface area (Å²) in [5.41, 5.74) is 0.645. The van der Waals surface area contributed by atoms with Crippen molar-refractivity contribution in [1.82, 2.24) is 15.1 Å². The zero-order valence-corrected chi connectivity index (χ0v) is 11.6. The number of hydrogen-bond acceptors (Lipinski definition) is 2. The highest BCUT2D eigenvalue weighted by atomic mass is 79.9. The Morgan fingerprint density at radius 1 is 1.59 bits per heavy atom. The summed E-state index contributed by atoms with van der Waals surface area (Å²) in [7, 11) is 1.82. The van der Waals surface area contributed by atoms with Crippen molar-refractivity contribution in [3.8, 4) is 0 Å². The van der Waals surface area contributed by atoms with Gasteiger partial charge in [0.15, 0.2) is 0 Å². The van der Waals surface area contributed by atoms with Crippen molar-refractivity contribution in [2.24, 2.45) is 13.0 Å². The van der Waals surface area contributed by atoms with Gasteiger partial charge in [-0.1, -0.05) is 28.8 Å². The SMILES string of the molecule is Cn1cc(C(=O)NC2CCCCC2CBr)cn1. The molecule has 1 fully saturated rings. The van der Waals surface area contributed by atoms with E-state index in [1.807, 2.05) is 7.05 Å². The fraction of sp³-hybridized carbons (Fsp3) is 0.667. The Bertz CT molecular complexity index is 391. The van der Waals surface area contributed by atoms with Crippen molar-refractivity contribution in [3.63, 3.8) is 0 Å². The summed E-state index contributed by atoms with van der Waals surface area (Å²) in [5, 5.41) is 8.11. The van der Waals surface area contributed by atoms with Crippen molar-refractivity contribution in [3.05, 3.63) is 18.0 Å². The summed E-state index contributed by atoms with van der Waals surface area (Å²) in [6.45, 7) is 0. The normalized spacial score (nSPS) is 24.6. The lowest BCUT2D eigenvalue weighted by molar-refractivity contribution is 0.0911. The quantitative estimate of drug-likeness (QED) is 0.869. The van der Waals surface area contributed by atoms with Crippen molar-refractivity contribution in [1.29, 1.82) is 0 Å². The minimum absolute atomic E-state index is 0.00375. The van der Waals surface area contributed by atoms with Crippen LogP contribution in [0.1, 0.15) is 36.0 Å². The summed E-state index contributed by atoms with van der Waals surface area (Å²) in [4.78, 5) is 12.0. The van der Waals surface area contributed by atoms with Gasteiger partial charge in [-0.25, -0.2) is 0 Å². The van der Waals surface area contributed by atoms with E-state index in [4.69, 9.17) is 0 Å². The van der Waals surface area contributed by atoms with Gasteiger partial charge in [-0.15, -0.1) is 0 Å². The maximum Gasteiger partial charge on any atom is 0.254 e. The first-order valence-electron chi connectivity index (χ1n) is 6.06. The molecule has 0 spiro atoms. The average Bonchev–Trinajstić information content (AvgIpc) is 2.77. The molecule has 1 heterocycles. The molecule has 5 heteroatoms. The average molecular weight is 300 g/mol. The van der Waals surface area contributed by atoms with Gasteiger partial charge in [0, 0.05) is 24.6 Å². The van der Waals surface area contributed by atoms with E-state index in [9.17, 15) is 4.79 Å². The van der Waals surface area contributed by atoms with Crippen LogP contribution in [-0.2, 0) is 7.05 Å². The molecule has 2 unspecified atom stereocenters. The van der Waals surface area contributed by atoms with Gasteiger partial charge in [-0.3, -0.25) is 9.48 Å². The van der Waals surface area contributed by atoms with Crippen LogP contribution < -0.4 is 5.32 Å². The van der Waals surface area contributed by atoms with Crippen LogP contribution in [0, 0.1) is 5.92 Å². The second kappa shape index (κ2) is 5.67. The molecule has 4 nitrogen and oxygen atoms in total. The number of aromatic nitrogens is 2. The lowest BCUT2D eigenvalue weighted by atomic mass is 9.86. The lowest BCUT2D eigenvalue weighted by Crippen LogP contribution is -2.42. The minimum Gasteiger partial charge on any atom is -0.349 e. The van der Waals surface area contributed by atoms with E-state index >= 15 is 0 Å². The molecular weight excluding hydrogens is 282 g/mol. The second-order valence-electron chi connectivity index (χ2n) is 4.68. The van der Waals surface area contributed by atoms with Gasteiger partial charge in [0.05, 0.1) is 11.8 Å². The molecule has 0 saturated heterocycles. The van der Waals surface area contributed by atoms with Gasteiger partial charge in [0.1, 0.15) is 0 Å². The van der Waals surface area contributed by atoms with Crippen molar-refractivity contribution in [2.75, 3.05) is 5.33 Å². The van der Waals surface area contributed by atoms with Crippen LogP contribution in [0.25, 0.3) is 0 Å². The third kappa shape index (κ3) is 3.09. The Balaban J connectivity index is 1.97.